The van der Waals surface area contributed by atoms with Crippen molar-refractivity contribution in [1.29, 1.82) is 0 Å². The lowest BCUT2D eigenvalue weighted by molar-refractivity contribution is -0.192. The zero-order valence-electron chi connectivity index (χ0n) is 22.2. The number of nitrogens with one attached hydrogen (secondary N) is 1. The van der Waals surface area contributed by atoms with Crippen LogP contribution in [0, 0.1) is 11.7 Å². The van der Waals surface area contributed by atoms with Crippen LogP contribution in [0.5, 0.6) is 11.5 Å². The molecule has 3 rings (SSSR count). The summed E-state index contributed by atoms with van der Waals surface area (Å²) in [5.74, 6) is -2.11. The van der Waals surface area contributed by atoms with Gasteiger partial charge in [-0.3, -0.25) is 0 Å². The highest BCUT2D eigenvalue weighted by atomic mass is 19.4. The van der Waals surface area contributed by atoms with Gasteiger partial charge in [0.25, 0.3) is 0 Å². The number of aromatic hydroxyl groups is 1. The number of carboxylic acids is 1. The number of halogens is 4. The van der Waals surface area contributed by atoms with Gasteiger partial charge >= 0.3 is 18.2 Å². The maximum atomic E-state index is 13.4. The number of carboxylic acid groups (broad SMARTS) is 1. The molecule has 12 heteroatoms. The number of rotatable bonds is 8. The maximum absolute atomic E-state index is 13.4. The molecule has 0 radical (unpaired) electrons. The third-order valence-corrected chi connectivity index (χ3v) is 5.97. The van der Waals surface area contributed by atoms with Crippen LogP contribution in [0.3, 0.4) is 0 Å². The van der Waals surface area contributed by atoms with Crippen LogP contribution < -0.4 is 10.1 Å². The van der Waals surface area contributed by atoms with E-state index in [1.165, 1.54) is 12.1 Å². The lowest BCUT2D eigenvalue weighted by Crippen LogP contribution is -2.49. The number of phenols is 1. The number of ether oxygens (including phenoxy) is 1. The molecule has 1 saturated heterocycles. The van der Waals surface area contributed by atoms with Gasteiger partial charge in [0.2, 0.25) is 0 Å². The second-order valence-corrected chi connectivity index (χ2v) is 9.75. The number of amides is 2. The second-order valence-electron chi connectivity index (χ2n) is 9.75. The second kappa shape index (κ2) is 14.6. The van der Waals surface area contributed by atoms with E-state index >= 15 is 0 Å². The molecular formula is C27H35F4N3O5. The number of urea groups is 1. The molecule has 1 heterocycles. The van der Waals surface area contributed by atoms with Gasteiger partial charge < -0.3 is 30.1 Å². The number of nitrogens with zero attached hydrogens (tertiary/aromatic N) is 2. The molecule has 1 aliphatic heterocycles. The molecule has 216 valence electrons. The van der Waals surface area contributed by atoms with Crippen molar-refractivity contribution in [2.75, 3.05) is 26.7 Å². The summed E-state index contributed by atoms with van der Waals surface area (Å²) >= 11 is 0. The molecule has 0 aliphatic carbocycles. The van der Waals surface area contributed by atoms with E-state index in [-0.39, 0.29) is 24.4 Å². The molecule has 2 aromatic rings. The van der Waals surface area contributed by atoms with Gasteiger partial charge in [0.05, 0.1) is 13.2 Å². The summed E-state index contributed by atoms with van der Waals surface area (Å²) < 4.78 is 50.8. The third-order valence-electron chi connectivity index (χ3n) is 5.97. The van der Waals surface area contributed by atoms with Crippen LogP contribution in [-0.4, -0.2) is 71.0 Å². The van der Waals surface area contributed by atoms with Gasteiger partial charge in [-0.25, -0.2) is 14.0 Å². The number of benzene rings is 2. The monoisotopic (exact) mass is 557 g/mol. The number of likely N-dealkylation sites (tertiary alicyclic amines) is 1. The van der Waals surface area contributed by atoms with E-state index in [1.807, 2.05) is 24.3 Å². The molecule has 0 spiro atoms. The Hall–Kier alpha value is -3.54. The van der Waals surface area contributed by atoms with Crippen LogP contribution in [-0.2, 0) is 17.9 Å². The molecule has 39 heavy (non-hydrogen) atoms. The topological polar surface area (TPSA) is 102 Å². The number of hydrogen-bond acceptors (Lipinski definition) is 5. The average molecular weight is 558 g/mol. The Labute approximate surface area is 225 Å². The van der Waals surface area contributed by atoms with E-state index in [0.717, 1.165) is 43.3 Å². The molecule has 0 bridgehead atoms. The Morgan fingerprint density at radius 3 is 2.23 bits per heavy atom. The minimum atomic E-state index is -5.08. The molecule has 1 fully saturated rings. The molecule has 1 aliphatic rings. The predicted molar refractivity (Wildman–Crippen MR) is 137 cm³/mol. The summed E-state index contributed by atoms with van der Waals surface area (Å²) in [4.78, 5) is 26.0. The first kappa shape index (κ1) is 31.7. The molecule has 0 unspecified atom stereocenters. The summed E-state index contributed by atoms with van der Waals surface area (Å²) in [6.07, 6.45) is -3.37. The number of carbonyl (C=O) groups excluding carboxylic acids is 1. The number of phenolic OH excluding ortho intramolecular Hbond substituents is 1. The predicted octanol–water partition coefficient (Wildman–Crippen LogP) is 5.01. The van der Waals surface area contributed by atoms with E-state index in [9.17, 15) is 27.5 Å². The summed E-state index contributed by atoms with van der Waals surface area (Å²) in [6.45, 7) is 7.30. The SMILES string of the molecule is CC(C)COc1ccc(CNC(=O)N(Cc2ccc(F)cc2O)C2CCN(C)CC2)cc1.O=C(O)C(F)(F)F. The lowest BCUT2D eigenvalue weighted by atomic mass is 10.0. The van der Waals surface area contributed by atoms with Gasteiger partial charge in [0, 0.05) is 24.2 Å². The number of hydrogen-bond donors (Lipinski definition) is 3. The minimum absolute atomic E-state index is 0.0578. The Morgan fingerprint density at radius 1 is 1.13 bits per heavy atom. The van der Waals surface area contributed by atoms with Crippen molar-refractivity contribution < 1.29 is 42.1 Å². The summed E-state index contributed by atoms with van der Waals surface area (Å²) in [6, 6.07) is 11.5. The first-order valence-corrected chi connectivity index (χ1v) is 12.5. The lowest BCUT2D eigenvalue weighted by Gasteiger charge is -2.37. The first-order valence-electron chi connectivity index (χ1n) is 12.5. The van der Waals surface area contributed by atoms with Crippen LogP contribution >= 0.6 is 0 Å². The number of piperidine rings is 1. The highest BCUT2D eigenvalue weighted by Gasteiger charge is 2.38. The Bertz CT molecular complexity index is 1070. The quantitative estimate of drug-likeness (QED) is 0.395. The molecule has 3 N–H and O–H groups in total. The molecule has 2 amide bonds. The number of carbonyl (C=O) groups is 2. The minimum Gasteiger partial charge on any atom is -0.507 e. The zero-order valence-corrected chi connectivity index (χ0v) is 22.2. The van der Waals surface area contributed by atoms with Crippen molar-refractivity contribution in [3.05, 3.63) is 59.4 Å². The Balaban J connectivity index is 0.000000673. The number of aliphatic carboxylic acids is 1. The third kappa shape index (κ3) is 11.0. The van der Waals surface area contributed by atoms with Crippen molar-refractivity contribution in [2.24, 2.45) is 5.92 Å². The molecule has 2 aromatic carbocycles. The number of alkyl halides is 3. The van der Waals surface area contributed by atoms with Crippen LogP contribution in [0.25, 0.3) is 0 Å². The van der Waals surface area contributed by atoms with E-state index < -0.39 is 18.0 Å². The van der Waals surface area contributed by atoms with E-state index in [4.69, 9.17) is 14.6 Å². The molecule has 0 aromatic heterocycles. The van der Waals surface area contributed by atoms with Crippen molar-refractivity contribution in [3.63, 3.8) is 0 Å². The fourth-order valence-corrected chi connectivity index (χ4v) is 3.77. The van der Waals surface area contributed by atoms with Crippen molar-refractivity contribution in [2.45, 2.75) is 52.0 Å². The molecule has 8 nitrogen and oxygen atoms in total. The normalized spacial score (nSPS) is 14.4. The largest absolute Gasteiger partial charge is 0.507 e. The highest BCUT2D eigenvalue weighted by Crippen LogP contribution is 2.24. The summed E-state index contributed by atoms with van der Waals surface area (Å²) in [7, 11) is 2.07. The smallest absolute Gasteiger partial charge is 0.490 e. The van der Waals surface area contributed by atoms with Gasteiger partial charge in [-0.2, -0.15) is 13.2 Å². The van der Waals surface area contributed by atoms with Gasteiger partial charge in [0.1, 0.15) is 17.3 Å². The average Bonchev–Trinajstić information content (AvgIpc) is 2.86. The van der Waals surface area contributed by atoms with Gasteiger partial charge in [-0.1, -0.05) is 32.0 Å². The van der Waals surface area contributed by atoms with Crippen LogP contribution in [0.1, 0.15) is 37.8 Å². The zero-order chi connectivity index (χ0) is 29.2. The van der Waals surface area contributed by atoms with Gasteiger partial charge in [-0.15, -0.1) is 0 Å². The van der Waals surface area contributed by atoms with Gasteiger partial charge in [-0.05, 0) is 62.7 Å². The van der Waals surface area contributed by atoms with E-state index in [0.29, 0.717) is 24.6 Å². The highest BCUT2D eigenvalue weighted by molar-refractivity contribution is 5.74. The standard InChI is InChI=1S/C25H34FN3O3.C2HF3O2/c1-18(2)17-32-23-8-4-19(5-9-23)15-27-25(31)29(22-10-12-28(3)13-11-22)16-20-6-7-21(26)14-24(20)30;3-2(4,5)1(6)7/h4-9,14,18,22,30H,10-13,15-17H2,1-3H3,(H,27,31);(H,6,7). The first-order chi connectivity index (χ1) is 18.3. The van der Waals surface area contributed by atoms with E-state index in [2.05, 4.69) is 31.1 Å². The van der Waals surface area contributed by atoms with E-state index in [1.54, 1.807) is 4.90 Å². The van der Waals surface area contributed by atoms with Crippen molar-refractivity contribution in [3.8, 4) is 11.5 Å². The maximum Gasteiger partial charge on any atom is 0.490 e. The summed E-state index contributed by atoms with van der Waals surface area (Å²) in [5.41, 5.74) is 1.51. The summed E-state index contributed by atoms with van der Waals surface area (Å²) in [5, 5.41) is 20.3. The Kier molecular flexibility index (Phi) is 11.8. The van der Waals surface area contributed by atoms with Crippen LogP contribution in [0.4, 0.5) is 22.4 Å². The molecule has 0 saturated carbocycles. The molecule has 0 atom stereocenters. The van der Waals surface area contributed by atoms with Crippen LogP contribution in [0.15, 0.2) is 42.5 Å². The van der Waals surface area contributed by atoms with Crippen molar-refractivity contribution >= 4 is 12.0 Å². The molecular weight excluding hydrogens is 522 g/mol. The fraction of sp³-hybridized carbons (Fsp3) is 0.481. The van der Waals surface area contributed by atoms with Crippen LogP contribution in [0.2, 0.25) is 0 Å². The fourth-order valence-electron chi connectivity index (χ4n) is 3.77. The Morgan fingerprint density at radius 2 is 1.72 bits per heavy atom. The van der Waals surface area contributed by atoms with Gasteiger partial charge in [0.15, 0.2) is 0 Å². The van der Waals surface area contributed by atoms with Crippen molar-refractivity contribution in [1.82, 2.24) is 15.1 Å².